The lowest BCUT2D eigenvalue weighted by molar-refractivity contribution is -0.114. The molecule has 1 amide bonds. The van der Waals surface area contributed by atoms with Crippen molar-refractivity contribution >= 4 is 17.3 Å². The Kier molecular flexibility index (Phi) is 7.21. The molecule has 0 fully saturated rings. The molecule has 0 bridgehead atoms. The number of carbonyl (C=O) groups excluding carboxylic acids is 1. The van der Waals surface area contributed by atoms with Crippen LogP contribution in [0.1, 0.15) is 19.0 Å². The summed E-state index contributed by atoms with van der Waals surface area (Å²) >= 11 is 0. The van der Waals surface area contributed by atoms with Gasteiger partial charge in [-0.25, -0.2) is 9.37 Å². The third kappa shape index (κ3) is 4.78. The minimum atomic E-state index is -0.739. The van der Waals surface area contributed by atoms with E-state index in [0.717, 1.165) is 16.9 Å². The van der Waals surface area contributed by atoms with Gasteiger partial charge in [0.05, 0.1) is 6.61 Å². The van der Waals surface area contributed by atoms with E-state index in [4.69, 9.17) is 21.9 Å². The van der Waals surface area contributed by atoms with Crippen LogP contribution in [0.2, 0.25) is 0 Å². The summed E-state index contributed by atoms with van der Waals surface area (Å²) in [5.41, 5.74) is 20.9. The number of amides is 1. The molecule has 2 aromatic heterocycles. The average molecular weight is 439 g/mol. The third-order valence-corrected chi connectivity index (χ3v) is 5.22. The van der Waals surface area contributed by atoms with Crippen LogP contribution < -0.4 is 21.9 Å². The summed E-state index contributed by atoms with van der Waals surface area (Å²) in [6, 6.07) is 8.47. The number of halogens is 1. The first-order chi connectivity index (χ1) is 15.4. The Morgan fingerprint density at radius 3 is 2.72 bits per heavy atom. The lowest BCUT2D eigenvalue weighted by Gasteiger charge is -2.15. The summed E-state index contributed by atoms with van der Waals surface area (Å²) in [7, 11) is 1.59. The molecule has 0 aliphatic rings. The van der Waals surface area contributed by atoms with Crippen molar-refractivity contribution in [2.45, 2.75) is 19.8 Å². The van der Waals surface area contributed by atoms with Crippen LogP contribution >= 0.6 is 0 Å². The number of benzene rings is 1. The molecule has 0 aliphatic heterocycles. The highest BCUT2D eigenvalue weighted by Gasteiger charge is 2.16. The normalized spacial score (nSPS) is 12.7. The molecule has 0 atom stereocenters. The first-order valence-electron chi connectivity index (χ1n) is 10.2. The van der Waals surface area contributed by atoms with E-state index in [2.05, 4.69) is 9.98 Å². The fourth-order valence-electron chi connectivity index (χ4n) is 3.46. The van der Waals surface area contributed by atoms with Gasteiger partial charge < -0.3 is 26.3 Å². The predicted octanol–water partition coefficient (Wildman–Crippen LogP) is 2.20. The van der Waals surface area contributed by atoms with E-state index in [1.54, 1.807) is 32.3 Å². The quantitative estimate of drug-likeness (QED) is 0.348. The second-order valence-electron chi connectivity index (χ2n) is 7.21. The number of rotatable bonds is 9. The monoisotopic (exact) mass is 438 g/mol. The molecule has 0 radical (unpaired) electrons. The van der Waals surface area contributed by atoms with Crippen LogP contribution in [0, 0.1) is 5.82 Å². The molecule has 3 aromatic rings. The zero-order valence-electron chi connectivity index (χ0n) is 18.1. The van der Waals surface area contributed by atoms with E-state index in [9.17, 15) is 9.18 Å². The molecule has 2 heterocycles. The van der Waals surface area contributed by atoms with Crippen LogP contribution in [0.25, 0.3) is 16.8 Å². The van der Waals surface area contributed by atoms with Gasteiger partial charge in [0.15, 0.2) is 11.6 Å². The Morgan fingerprint density at radius 1 is 1.25 bits per heavy atom. The van der Waals surface area contributed by atoms with Gasteiger partial charge in [-0.3, -0.25) is 9.79 Å². The van der Waals surface area contributed by atoms with Gasteiger partial charge in [-0.05, 0) is 31.7 Å². The van der Waals surface area contributed by atoms with Crippen LogP contribution in [0.15, 0.2) is 59.0 Å². The summed E-state index contributed by atoms with van der Waals surface area (Å²) in [6.07, 6.45) is 4.58. The van der Waals surface area contributed by atoms with Crippen molar-refractivity contribution in [3.05, 3.63) is 65.5 Å². The number of carbonyl (C=O) groups is 1. The Balaban J connectivity index is 1.92. The first-order valence-corrected chi connectivity index (χ1v) is 10.2. The average Bonchev–Trinajstić information content (AvgIpc) is 3.19. The van der Waals surface area contributed by atoms with Gasteiger partial charge in [-0.15, -0.1) is 0 Å². The highest BCUT2D eigenvalue weighted by molar-refractivity contribution is 6.06. The maximum Gasteiger partial charge on any atom is 0.264 e. The molecule has 8 nitrogen and oxygen atoms in total. The van der Waals surface area contributed by atoms with Gasteiger partial charge in [0.1, 0.15) is 11.3 Å². The molecular weight excluding hydrogens is 411 g/mol. The predicted molar refractivity (Wildman–Crippen MR) is 123 cm³/mol. The summed E-state index contributed by atoms with van der Waals surface area (Å²) in [6.45, 7) is 2.30. The fourth-order valence-corrected chi connectivity index (χ4v) is 3.46. The van der Waals surface area contributed by atoms with Crippen molar-refractivity contribution < 1.29 is 13.9 Å². The molecule has 0 aliphatic carbocycles. The number of primary amides is 1. The van der Waals surface area contributed by atoms with Crippen molar-refractivity contribution in [1.29, 1.82) is 0 Å². The Labute approximate surface area is 185 Å². The van der Waals surface area contributed by atoms with Gasteiger partial charge in [-0.2, -0.15) is 0 Å². The van der Waals surface area contributed by atoms with Crippen molar-refractivity contribution in [3.63, 3.8) is 0 Å². The Bertz CT molecular complexity index is 1200. The zero-order valence-corrected chi connectivity index (χ0v) is 18.1. The molecule has 0 spiro atoms. The molecule has 32 heavy (non-hydrogen) atoms. The van der Waals surface area contributed by atoms with Gasteiger partial charge in [-0.1, -0.05) is 12.1 Å². The maximum absolute atomic E-state index is 14.7. The van der Waals surface area contributed by atoms with Gasteiger partial charge >= 0.3 is 0 Å². The molecule has 6 N–H and O–H groups in total. The van der Waals surface area contributed by atoms with Crippen molar-refractivity contribution in [2.24, 2.45) is 22.2 Å². The Morgan fingerprint density at radius 2 is 2.03 bits per heavy atom. The van der Waals surface area contributed by atoms with Crippen LogP contribution in [-0.4, -0.2) is 41.2 Å². The summed E-state index contributed by atoms with van der Waals surface area (Å²) in [5.74, 6) is -1.13. The third-order valence-electron chi connectivity index (χ3n) is 5.22. The summed E-state index contributed by atoms with van der Waals surface area (Å²) in [4.78, 5) is 20.0. The molecule has 0 unspecified atom stereocenters. The van der Waals surface area contributed by atoms with Gasteiger partial charge in [0, 0.05) is 60.4 Å². The molecular formula is C23H27FN6O2. The summed E-state index contributed by atoms with van der Waals surface area (Å²) < 4.78 is 22.5. The minimum Gasteiger partial charge on any atom is -0.490 e. The Hall–Kier alpha value is -3.72. The molecule has 0 saturated carbocycles. The topological polar surface area (TPSA) is 134 Å². The van der Waals surface area contributed by atoms with E-state index >= 15 is 0 Å². The molecule has 1 aromatic carbocycles. The molecule has 168 valence electrons. The van der Waals surface area contributed by atoms with Gasteiger partial charge in [0.2, 0.25) is 0 Å². The standard InChI is InChI=1S/C23H27FN6O2/c1-14(28-2)17(21(26)23(27)31)9-11-32-22-18(4-3-5-19(22)24)15-6-7-20-29-12-16(8-10-25)30(20)13-15/h3-7,12-13H,8-11,25-26H2,1-2H3,(H2,27,31). The van der Waals surface area contributed by atoms with Crippen molar-refractivity contribution in [1.82, 2.24) is 9.38 Å². The number of aromatic nitrogens is 2. The number of para-hydroxylation sites is 1. The smallest absolute Gasteiger partial charge is 0.264 e. The molecule has 3 rings (SSSR count). The number of aliphatic imine (C=N–C) groups is 1. The number of nitrogens with zero attached hydrogens (tertiary/aromatic N) is 3. The van der Waals surface area contributed by atoms with Crippen LogP contribution in [-0.2, 0) is 11.2 Å². The number of imidazole rings is 1. The SMILES string of the molecule is CN=C(C)C(CCOc1c(F)cccc1-c1ccc2ncc(CCN)n2c1)=C(N)C(N)=O. The number of hydrogen-bond acceptors (Lipinski definition) is 6. The highest BCUT2D eigenvalue weighted by atomic mass is 19.1. The van der Waals surface area contributed by atoms with E-state index in [1.807, 2.05) is 22.7 Å². The number of hydrogen-bond donors (Lipinski definition) is 3. The fraction of sp³-hybridized carbons (Fsp3) is 0.261. The van der Waals surface area contributed by atoms with E-state index in [1.165, 1.54) is 6.07 Å². The van der Waals surface area contributed by atoms with E-state index in [0.29, 0.717) is 29.8 Å². The first kappa shape index (κ1) is 23.0. The zero-order chi connectivity index (χ0) is 23.3. The number of ether oxygens (including phenoxy) is 1. The molecule has 0 saturated heterocycles. The number of fused-ring (bicyclic) bond motifs is 1. The largest absolute Gasteiger partial charge is 0.490 e. The van der Waals surface area contributed by atoms with E-state index < -0.39 is 11.7 Å². The van der Waals surface area contributed by atoms with Crippen LogP contribution in [0.5, 0.6) is 5.75 Å². The summed E-state index contributed by atoms with van der Waals surface area (Å²) in [5, 5.41) is 0. The van der Waals surface area contributed by atoms with Crippen LogP contribution in [0.4, 0.5) is 4.39 Å². The number of pyridine rings is 1. The van der Waals surface area contributed by atoms with Crippen molar-refractivity contribution in [3.8, 4) is 16.9 Å². The minimum absolute atomic E-state index is 0.0792. The lowest BCUT2D eigenvalue weighted by Crippen LogP contribution is -2.25. The lowest BCUT2D eigenvalue weighted by atomic mass is 10.0. The maximum atomic E-state index is 14.7. The van der Waals surface area contributed by atoms with E-state index in [-0.39, 0.29) is 24.5 Å². The van der Waals surface area contributed by atoms with Crippen molar-refractivity contribution in [2.75, 3.05) is 20.2 Å². The second kappa shape index (κ2) is 10.1. The number of nitrogens with two attached hydrogens (primary N) is 3. The van der Waals surface area contributed by atoms with Crippen LogP contribution in [0.3, 0.4) is 0 Å². The highest BCUT2D eigenvalue weighted by Crippen LogP contribution is 2.33. The second-order valence-corrected chi connectivity index (χ2v) is 7.21. The van der Waals surface area contributed by atoms with Gasteiger partial charge in [0.25, 0.3) is 5.91 Å². The molecule has 9 heteroatoms.